The Kier molecular flexibility index (Phi) is 8.70. The minimum Gasteiger partial charge on any atom is -0.309 e. The molecule has 0 saturated carbocycles. The molecule has 0 aliphatic rings. The zero-order valence-corrected chi connectivity index (χ0v) is 32.4. The molecule has 6 nitrogen and oxygen atoms in total. The predicted molar refractivity (Wildman–Crippen MR) is 235 cm³/mol. The lowest BCUT2D eigenvalue weighted by Crippen LogP contribution is -2.10. The highest BCUT2D eigenvalue weighted by atomic mass is 19.4. The van der Waals surface area contributed by atoms with Crippen molar-refractivity contribution in [3.05, 3.63) is 192 Å². The largest absolute Gasteiger partial charge is 0.417 e. The van der Waals surface area contributed by atoms with Crippen LogP contribution in [0.2, 0.25) is 0 Å². The second-order valence-corrected chi connectivity index (χ2v) is 14.9. The van der Waals surface area contributed by atoms with E-state index in [0.717, 1.165) is 55.4 Å². The van der Waals surface area contributed by atoms with Crippen LogP contribution >= 0.6 is 0 Å². The first-order chi connectivity index (χ1) is 30.2. The van der Waals surface area contributed by atoms with Gasteiger partial charge >= 0.3 is 6.18 Å². The number of rotatable bonds is 5. The summed E-state index contributed by atoms with van der Waals surface area (Å²) in [6.45, 7) is 0. The molecule has 0 N–H and O–H groups in total. The van der Waals surface area contributed by atoms with Crippen molar-refractivity contribution < 1.29 is 13.2 Å². The van der Waals surface area contributed by atoms with E-state index in [-0.39, 0.29) is 22.3 Å². The van der Waals surface area contributed by atoms with Crippen molar-refractivity contribution in [1.29, 1.82) is 21.0 Å². The first-order valence-electron chi connectivity index (χ1n) is 19.5. The van der Waals surface area contributed by atoms with Gasteiger partial charge in [-0.05, 0) is 101 Å². The lowest BCUT2D eigenvalue weighted by Gasteiger charge is -2.21. The SMILES string of the molecule is N#Cc1cccc(-c2ccc3c4ccccc4n(-c4cc(-c5ccc(C#N)cc5C(F)(F)F)c(-n5c6ccccc6c6ccc(-c7cccc(C#N)c7)cc65)cc4C#N)c3c2)c1. The van der Waals surface area contributed by atoms with Gasteiger partial charge < -0.3 is 9.13 Å². The van der Waals surface area contributed by atoms with Gasteiger partial charge in [0.25, 0.3) is 0 Å². The van der Waals surface area contributed by atoms with Crippen LogP contribution in [0.15, 0.2) is 164 Å². The molecule has 0 radical (unpaired) electrons. The molecule has 0 spiro atoms. The van der Waals surface area contributed by atoms with E-state index in [9.17, 15) is 21.0 Å². The highest BCUT2D eigenvalue weighted by molar-refractivity contribution is 6.12. The number of nitrogens with zero attached hydrogens (tertiary/aromatic N) is 6. The fraction of sp³-hybridized carbons (Fsp3) is 0.0189. The van der Waals surface area contributed by atoms with Crippen molar-refractivity contribution in [2.75, 3.05) is 0 Å². The third kappa shape index (κ3) is 6.01. The molecule has 10 aromatic rings. The van der Waals surface area contributed by atoms with E-state index in [2.05, 4.69) is 18.2 Å². The van der Waals surface area contributed by atoms with E-state index in [1.54, 1.807) is 42.5 Å². The first-order valence-corrected chi connectivity index (χ1v) is 19.5. The number of hydrogen-bond donors (Lipinski definition) is 0. The highest BCUT2D eigenvalue weighted by Gasteiger charge is 2.35. The molecule has 290 valence electrons. The number of alkyl halides is 3. The molecular weight excluding hydrogens is 778 g/mol. The normalized spacial score (nSPS) is 11.4. The molecule has 0 aliphatic carbocycles. The van der Waals surface area contributed by atoms with Crippen molar-refractivity contribution in [2.45, 2.75) is 6.18 Å². The maximum Gasteiger partial charge on any atom is 0.417 e. The summed E-state index contributed by atoms with van der Waals surface area (Å²) in [7, 11) is 0. The van der Waals surface area contributed by atoms with Crippen LogP contribution in [0.4, 0.5) is 13.2 Å². The van der Waals surface area contributed by atoms with Crippen LogP contribution in [0.1, 0.15) is 27.8 Å². The zero-order chi connectivity index (χ0) is 42.7. The van der Waals surface area contributed by atoms with Gasteiger partial charge in [-0.2, -0.15) is 34.2 Å². The van der Waals surface area contributed by atoms with E-state index in [0.29, 0.717) is 39.1 Å². The molecule has 0 unspecified atom stereocenters. The molecule has 0 fully saturated rings. The summed E-state index contributed by atoms with van der Waals surface area (Å²) >= 11 is 0. The van der Waals surface area contributed by atoms with E-state index in [4.69, 9.17) is 0 Å². The predicted octanol–water partition coefficient (Wildman–Crippen LogP) is 13.4. The third-order valence-electron chi connectivity index (χ3n) is 11.5. The van der Waals surface area contributed by atoms with Crippen LogP contribution < -0.4 is 0 Å². The number of benzene rings is 8. The smallest absolute Gasteiger partial charge is 0.309 e. The number of aromatic nitrogens is 2. The molecule has 2 aromatic heterocycles. The van der Waals surface area contributed by atoms with E-state index in [1.807, 2.05) is 118 Å². The topological polar surface area (TPSA) is 105 Å². The first kappa shape index (κ1) is 37.4. The quantitative estimate of drug-likeness (QED) is 0.173. The van der Waals surface area contributed by atoms with E-state index < -0.39 is 11.7 Å². The average molecular weight is 805 g/mol. The molecule has 0 saturated heterocycles. The Balaban J connectivity index is 1.34. The Morgan fingerprint density at radius 2 is 0.855 bits per heavy atom. The molecule has 2 heterocycles. The van der Waals surface area contributed by atoms with Crippen molar-refractivity contribution in [3.8, 4) is 69.0 Å². The Morgan fingerprint density at radius 1 is 0.371 bits per heavy atom. The van der Waals surface area contributed by atoms with Gasteiger partial charge in [0.2, 0.25) is 0 Å². The van der Waals surface area contributed by atoms with Crippen LogP contribution in [0.3, 0.4) is 0 Å². The minimum atomic E-state index is -4.85. The van der Waals surface area contributed by atoms with Gasteiger partial charge in [-0.15, -0.1) is 0 Å². The lowest BCUT2D eigenvalue weighted by molar-refractivity contribution is -0.137. The lowest BCUT2D eigenvalue weighted by atomic mass is 9.93. The molecule has 0 bridgehead atoms. The zero-order valence-electron chi connectivity index (χ0n) is 32.4. The summed E-state index contributed by atoms with van der Waals surface area (Å²) in [5, 5.41) is 43.6. The van der Waals surface area contributed by atoms with Gasteiger partial charge in [0, 0.05) is 27.1 Å². The Bertz CT molecular complexity index is 3690. The summed E-state index contributed by atoms with van der Waals surface area (Å²) < 4.78 is 49.7. The summed E-state index contributed by atoms with van der Waals surface area (Å²) in [5.74, 6) is 0. The molecular formula is C53H27F3N6. The van der Waals surface area contributed by atoms with E-state index in [1.165, 1.54) is 12.1 Å². The monoisotopic (exact) mass is 804 g/mol. The number of fused-ring (bicyclic) bond motifs is 6. The highest BCUT2D eigenvalue weighted by Crippen LogP contribution is 2.45. The second-order valence-electron chi connectivity index (χ2n) is 14.9. The van der Waals surface area contributed by atoms with Crippen molar-refractivity contribution >= 4 is 43.6 Å². The van der Waals surface area contributed by atoms with Gasteiger partial charge in [0.15, 0.2) is 0 Å². The van der Waals surface area contributed by atoms with Crippen LogP contribution in [-0.2, 0) is 6.18 Å². The molecule has 9 heteroatoms. The fourth-order valence-electron chi connectivity index (χ4n) is 8.69. The van der Waals surface area contributed by atoms with Gasteiger partial charge in [-0.25, -0.2) is 0 Å². The number of para-hydroxylation sites is 2. The number of hydrogen-bond acceptors (Lipinski definition) is 4. The maximum atomic E-state index is 15.3. The summed E-state index contributed by atoms with van der Waals surface area (Å²) in [4.78, 5) is 0. The van der Waals surface area contributed by atoms with Gasteiger partial charge in [0.1, 0.15) is 6.07 Å². The Hall–Kier alpha value is -8.89. The van der Waals surface area contributed by atoms with Gasteiger partial charge in [-0.1, -0.05) is 91.0 Å². The third-order valence-corrected chi connectivity index (χ3v) is 11.5. The number of halogens is 3. The van der Waals surface area contributed by atoms with Crippen LogP contribution in [0.5, 0.6) is 0 Å². The van der Waals surface area contributed by atoms with Gasteiger partial charge in [0.05, 0.1) is 79.5 Å². The van der Waals surface area contributed by atoms with E-state index >= 15 is 13.2 Å². The Morgan fingerprint density at radius 3 is 1.37 bits per heavy atom. The van der Waals surface area contributed by atoms with Crippen molar-refractivity contribution in [3.63, 3.8) is 0 Å². The maximum absolute atomic E-state index is 15.3. The van der Waals surface area contributed by atoms with Gasteiger partial charge in [-0.3, -0.25) is 0 Å². The summed E-state index contributed by atoms with van der Waals surface area (Å²) in [5.41, 5.74) is 6.72. The average Bonchev–Trinajstić information content (AvgIpc) is 3.82. The molecule has 62 heavy (non-hydrogen) atoms. The fourth-order valence-corrected chi connectivity index (χ4v) is 8.69. The van der Waals surface area contributed by atoms with Crippen LogP contribution in [-0.4, -0.2) is 9.13 Å². The second kappa shape index (κ2) is 14.4. The molecule has 0 aliphatic heterocycles. The summed E-state index contributed by atoms with van der Waals surface area (Å²) in [6.07, 6.45) is -4.85. The molecule has 8 aromatic carbocycles. The number of nitriles is 4. The molecule has 0 amide bonds. The summed E-state index contributed by atoms with van der Waals surface area (Å²) in [6, 6.07) is 57.0. The minimum absolute atomic E-state index is 0.145. The Labute approximate surface area is 352 Å². The molecule has 10 rings (SSSR count). The standard InChI is InChI=1S/C53H27F3N6/c54-53(55,56)46-23-34(30-59)15-18-40(46)45-27-49(61-47-13-3-1-11-41(47)43-19-16-37(24-50(43)61)35-9-5-7-32(21-35)28-57)39(31-60)26-52(45)62-48-14-4-2-12-42(48)44-20-17-38(25-51(44)62)36-10-6-8-33(22-36)29-58/h1-27H. The van der Waals surface area contributed by atoms with Crippen molar-refractivity contribution in [2.24, 2.45) is 0 Å². The van der Waals surface area contributed by atoms with Crippen LogP contribution in [0.25, 0.3) is 88.4 Å². The van der Waals surface area contributed by atoms with Crippen molar-refractivity contribution in [1.82, 2.24) is 9.13 Å². The van der Waals surface area contributed by atoms with Crippen LogP contribution in [0, 0.1) is 45.3 Å². The molecule has 0 atom stereocenters.